The second-order valence-corrected chi connectivity index (χ2v) is 9.44. The first kappa shape index (κ1) is 25.7. The molecule has 3 aromatic carbocycles. The molecule has 0 spiro atoms. The molecule has 0 saturated carbocycles. The van der Waals surface area contributed by atoms with Gasteiger partial charge < -0.3 is 15.4 Å². The first-order valence-electron chi connectivity index (χ1n) is 10.6. The molecule has 0 atom stereocenters. The molecule has 35 heavy (non-hydrogen) atoms. The van der Waals surface area contributed by atoms with E-state index in [1.807, 2.05) is 32.0 Å². The fourth-order valence-electron chi connectivity index (χ4n) is 3.35. The van der Waals surface area contributed by atoms with Crippen molar-refractivity contribution in [2.45, 2.75) is 18.7 Å². The smallest absolute Gasteiger partial charge is 0.293 e. The minimum Gasteiger partial charge on any atom is -0.383 e. The van der Waals surface area contributed by atoms with Gasteiger partial charge in [0.05, 0.1) is 22.1 Å². The molecule has 0 aromatic heterocycles. The van der Waals surface area contributed by atoms with Crippen LogP contribution >= 0.6 is 0 Å². The number of benzene rings is 3. The second kappa shape index (κ2) is 11.0. The van der Waals surface area contributed by atoms with Crippen LogP contribution in [0.5, 0.6) is 0 Å². The fourth-order valence-corrected chi connectivity index (χ4v) is 4.55. The van der Waals surface area contributed by atoms with Crippen LogP contribution in [0.3, 0.4) is 0 Å². The molecule has 3 rings (SSSR count). The van der Waals surface area contributed by atoms with Crippen molar-refractivity contribution in [3.63, 3.8) is 0 Å². The number of nitrogens with zero attached hydrogens (tertiary/aromatic N) is 1. The lowest BCUT2D eigenvalue weighted by Gasteiger charge is -2.13. The van der Waals surface area contributed by atoms with Crippen LogP contribution in [0, 0.1) is 24.0 Å². The van der Waals surface area contributed by atoms with Crippen LogP contribution in [0.4, 0.5) is 22.7 Å². The summed E-state index contributed by atoms with van der Waals surface area (Å²) in [7, 11) is -2.32. The molecular formula is C24H26N4O6S. The molecule has 0 saturated heterocycles. The normalized spacial score (nSPS) is 11.1. The molecule has 0 aliphatic carbocycles. The maximum absolute atomic E-state index is 12.8. The summed E-state index contributed by atoms with van der Waals surface area (Å²) in [6.45, 7) is 4.37. The third-order valence-electron chi connectivity index (χ3n) is 5.22. The zero-order chi connectivity index (χ0) is 25.6. The van der Waals surface area contributed by atoms with Crippen molar-refractivity contribution in [3.05, 3.63) is 87.5 Å². The highest BCUT2D eigenvalue weighted by Crippen LogP contribution is 2.27. The molecule has 3 N–H and O–H groups in total. The Morgan fingerprint density at radius 3 is 2.29 bits per heavy atom. The van der Waals surface area contributed by atoms with Crippen LogP contribution < -0.4 is 15.4 Å². The monoisotopic (exact) mass is 498 g/mol. The summed E-state index contributed by atoms with van der Waals surface area (Å²) in [5.74, 6) is -0.569. The highest BCUT2D eigenvalue weighted by Gasteiger charge is 2.19. The number of rotatable bonds is 10. The molecular weight excluding hydrogens is 472 g/mol. The summed E-state index contributed by atoms with van der Waals surface area (Å²) in [5, 5.41) is 17.0. The highest BCUT2D eigenvalue weighted by molar-refractivity contribution is 7.92. The van der Waals surface area contributed by atoms with E-state index in [4.69, 9.17) is 4.74 Å². The van der Waals surface area contributed by atoms with E-state index >= 15 is 0 Å². The molecule has 11 heteroatoms. The molecule has 0 bridgehead atoms. The number of ether oxygens (including phenoxy) is 1. The van der Waals surface area contributed by atoms with Gasteiger partial charge in [-0.3, -0.25) is 19.6 Å². The minimum atomic E-state index is -3.84. The molecule has 0 fully saturated rings. The van der Waals surface area contributed by atoms with Crippen molar-refractivity contribution in [1.82, 2.24) is 0 Å². The van der Waals surface area contributed by atoms with Crippen LogP contribution in [0.15, 0.2) is 65.6 Å². The number of carbonyl (C=O) groups is 1. The number of nitro benzene ring substituents is 1. The molecule has 0 aliphatic rings. The third-order valence-corrected chi connectivity index (χ3v) is 6.58. The van der Waals surface area contributed by atoms with E-state index in [1.165, 1.54) is 49.6 Å². The van der Waals surface area contributed by atoms with Gasteiger partial charge >= 0.3 is 0 Å². The molecule has 1 amide bonds. The summed E-state index contributed by atoms with van der Waals surface area (Å²) >= 11 is 0. The number of anilines is 3. The lowest BCUT2D eigenvalue weighted by Crippen LogP contribution is -2.15. The van der Waals surface area contributed by atoms with Gasteiger partial charge in [-0.15, -0.1) is 0 Å². The Morgan fingerprint density at radius 2 is 1.69 bits per heavy atom. The number of nitrogens with one attached hydrogen (secondary N) is 3. The van der Waals surface area contributed by atoms with Gasteiger partial charge in [-0.25, -0.2) is 8.42 Å². The molecule has 10 nitrogen and oxygen atoms in total. The average Bonchev–Trinajstić information content (AvgIpc) is 2.82. The number of hydrogen-bond acceptors (Lipinski definition) is 7. The Bertz CT molecular complexity index is 1320. The first-order valence-corrected chi connectivity index (χ1v) is 12.1. The Balaban J connectivity index is 1.74. The maximum atomic E-state index is 12.8. The van der Waals surface area contributed by atoms with Crippen molar-refractivity contribution >= 4 is 38.7 Å². The van der Waals surface area contributed by atoms with Crippen LogP contribution in [-0.2, 0) is 14.8 Å². The van der Waals surface area contributed by atoms with Crippen molar-refractivity contribution in [1.29, 1.82) is 0 Å². The van der Waals surface area contributed by atoms with E-state index < -0.39 is 20.9 Å². The fraction of sp³-hybridized carbons (Fsp3) is 0.208. The Kier molecular flexibility index (Phi) is 8.05. The zero-order valence-electron chi connectivity index (χ0n) is 19.5. The zero-order valence-corrected chi connectivity index (χ0v) is 20.3. The number of para-hydroxylation sites is 1. The number of amides is 1. The first-order chi connectivity index (χ1) is 16.6. The van der Waals surface area contributed by atoms with Crippen molar-refractivity contribution < 1.29 is 22.9 Å². The summed E-state index contributed by atoms with van der Waals surface area (Å²) in [5.41, 5.74) is 2.57. The quantitative estimate of drug-likeness (QED) is 0.215. The molecule has 0 aliphatic heterocycles. The van der Waals surface area contributed by atoms with Gasteiger partial charge in [0.2, 0.25) is 0 Å². The topological polar surface area (TPSA) is 140 Å². The number of sulfonamides is 1. The summed E-state index contributed by atoms with van der Waals surface area (Å²) < 4.78 is 33.2. The highest BCUT2D eigenvalue weighted by atomic mass is 32.2. The predicted octanol–water partition coefficient (Wildman–Crippen LogP) is 4.32. The third kappa shape index (κ3) is 6.34. The minimum absolute atomic E-state index is 0.0280. The maximum Gasteiger partial charge on any atom is 0.293 e. The van der Waals surface area contributed by atoms with Gasteiger partial charge in [-0.05, 0) is 61.4 Å². The molecule has 0 unspecified atom stereocenters. The molecule has 3 aromatic rings. The number of hydrogen-bond donors (Lipinski definition) is 3. The molecule has 0 radical (unpaired) electrons. The van der Waals surface area contributed by atoms with Crippen LogP contribution in [0.2, 0.25) is 0 Å². The Morgan fingerprint density at radius 1 is 1.03 bits per heavy atom. The van der Waals surface area contributed by atoms with E-state index in [0.717, 1.165) is 11.1 Å². The van der Waals surface area contributed by atoms with Gasteiger partial charge in [0.1, 0.15) is 5.69 Å². The van der Waals surface area contributed by atoms with E-state index in [2.05, 4.69) is 15.4 Å². The second-order valence-electron chi connectivity index (χ2n) is 7.76. The standard InChI is InChI=1S/C24H26N4O6S/c1-16-5-4-6-17(2)23(16)27-35(32,33)20-10-8-19(9-11-20)26-24(29)18-7-12-21(25-13-14-34-3)22(15-18)28(30)31/h4-12,15,25,27H,13-14H2,1-3H3,(H,26,29). The van der Waals surface area contributed by atoms with Gasteiger partial charge in [-0.1, -0.05) is 18.2 Å². The van der Waals surface area contributed by atoms with E-state index in [1.54, 1.807) is 0 Å². The van der Waals surface area contributed by atoms with Gasteiger partial charge in [-0.2, -0.15) is 0 Å². The summed E-state index contributed by atoms with van der Waals surface area (Å²) in [6.07, 6.45) is 0. The SMILES string of the molecule is COCCNc1ccc(C(=O)Nc2ccc(S(=O)(=O)Nc3c(C)cccc3C)cc2)cc1[N+](=O)[O-]. The number of nitro groups is 1. The summed E-state index contributed by atoms with van der Waals surface area (Å²) in [4.78, 5) is 23.5. The number of carbonyl (C=O) groups excluding carboxylic acids is 1. The van der Waals surface area contributed by atoms with E-state index in [9.17, 15) is 23.3 Å². The Hall–Kier alpha value is -3.96. The van der Waals surface area contributed by atoms with Crippen molar-refractivity contribution in [2.75, 3.05) is 35.6 Å². The van der Waals surface area contributed by atoms with E-state index in [-0.39, 0.29) is 21.8 Å². The number of methoxy groups -OCH3 is 1. The molecule has 184 valence electrons. The number of aryl methyl sites for hydroxylation is 2. The van der Waals surface area contributed by atoms with Gasteiger partial charge in [0.25, 0.3) is 21.6 Å². The van der Waals surface area contributed by atoms with Crippen LogP contribution in [-0.4, -0.2) is 39.5 Å². The largest absolute Gasteiger partial charge is 0.383 e. The Labute approximate surface area is 203 Å². The lowest BCUT2D eigenvalue weighted by molar-refractivity contribution is -0.384. The van der Waals surface area contributed by atoms with Crippen molar-refractivity contribution in [2.24, 2.45) is 0 Å². The lowest BCUT2D eigenvalue weighted by atomic mass is 10.1. The van der Waals surface area contributed by atoms with E-state index in [0.29, 0.717) is 24.5 Å². The van der Waals surface area contributed by atoms with Crippen LogP contribution in [0.25, 0.3) is 0 Å². The average molecular weight is 499 g/mol. The van der Waals surface area contributed by atoms with Crippen molar-refractivity contribution in [3.8, 4) is 0 Å². The predicted molar refractivity (Wildman–Crippen MR) is 135 cm³/mol. The van der Waals surface area contributed by atoms with Gasteiger partial charge in [0.15, 0.2) is 0 Å². The summed E-state index contributed by atoms with van der Waals surface area (Å²) in [6, 6.07) is 15.2. The van der Waals surface area contributed by atoms with Gasteiger partial charge in [0, 0.05) is 31.0 Å². The molecule has 0 heterocycles. The van der Waals surface area contributed by atoms with Crippen LogP contribution in [0.1, 0.15) is 21.5 Å².